The van der Waals surface area contributed by atoms with Crippen LogP contribution in [0.5, 0.6) is 0 Å². The fourth-order valence-electron chi connectivity index (χ4n) is 2.31. The van der Waals surface area contributed by atoms with E-state index in [0.717, 1.165) is 31.7 Å². The molecule has 2 heterocycles. The quantitative estimate of drug-likeness (QED) is 0.912. The lowest BCUT2D eigenvalue weighted by molar-refractivity contribution is 0.110. The molecule has 0 aliphatic carbocycles. The maximum absolute atomic E-state index is 13.1. The van der Waals surface area contributed by atoms with Crippen LogP contribution in [0.15, 0.2) is 34.9 Å². The number of rotatable bonds is 5. The van der Waals surface area contributed by atoms with Crippen molar-refractivity contribution < 1.29 is 13.5 Å². The highest BCUT2D eigenvalue weighted by Gasteiger charge is 2.15. The molecule has 0 radical (unpaired) electrons. The molecule has 1 atom stereocenters. The first-order valence-corrected chi connectivity index (χ1v) is 6.84. The molecule has 1 aromatic carbocycles. The molecule has 0 amide bonds. The van der Waals surface area contributed by atoms with Crippen molar-refractivity contribution in [2.45, 2.75) is 25.5 Å². The van der Waals surface area contributed by atoms with Gasteiger partial charge in [-0.1, -0.05) is 6.07 Å². The van der Waals surface area contributed by atoms with Gasteiger partial charge in [0.15, 0.2) is 0 Å². The summed E-state index contributed by atoms with van der Waals surface area (Å²) < 4.78 is 24.0. The summed E-state index contributed by atoms with van der Waals surface area (Å²) in [6.07, 6.45) is 4.16. The highest BCUT2D eigenvalue weighted by molar-refractivity contribution is 5.52. The first-order chi connectivity index (χ1) is 9.81. The van der Waals surface area contributed by atoms with Gasteiger partial charge in [0, 0.05) is 25.3 Å². The standard InChI is InChI=1S/C15H17FN2O2/c16-12-4-1-3-11(7-12)15-18-13(10-20-15)8-17-9-14-5-2-6-19-14/h1,3-4,7,10,14,17H,2,5-6,8-9H2. The van der Waals surface area contributed by atoms with Gasteiger partial charge in [-0.2, -0.15) is 0 Å². The number of oxazole rings is 1. The lowest BCUT2D eigenvalue weighted by Gasteiger charge is -2.08. The van der Waals surface area contributed by atoms with Crippen LogP contribution in [0.2, 0.25) is 0 Å². The molecule has 0 bridgehead atoms. The van der Waals surface area contributed by atoms with E-state index in [1.807, 2.05) is 0 Å². The van der Waals surface area contributed by atoms with Gasteiger partial charge in [-0.15, -0.1) is 0 Å². The van der Waals surface area contributed by atoms with E-state index in [1.54, 1.807) is 18.4 Å². The van der Waals surface area contributed by atoms with Crippen LogP contribution in [0, 0.1) is 5.82 Å². The van der Waals surface area contributed by atoms with Crippen molar-refractivity contribution in [3.63, 3.8) is 0 Å². The van der Waals surface area contributed by atoms with Gasteiger partial charge < -0.3 is 14.5 Å². The molecule has 0 spiro atoms. The zero-order valence-electron chi connectivity index (χ0n) is 11.1. The number of nitrogens with one attached hydrogen (secondary N) is 1. The largest absolute Gasteiger partial charge is 0.444 e. The van der Waals surface area contributed by atoms with Gasteiger partial charge >= 0.3 is 0 Å². The molecule has 1 N–H and O–H groups in total. The van der Waals surface area contributed by atoms with Gasteiger partial charge in [0.25, 0.3) is 0 Å². The zero-order valence-corrected chi connectivity index (χ0v) is 11.1. The average Bonchev–Trinajstić information content (AvgIpc) is 3.10. The second-order valence-electron chi connectivity index (χ2n) is 4.92. The molecule has 2 aromatic rings. The van der Waals surface area contributed by atoms with E-state index in [1.165, 1.54) is 12.1 Å². The van der Waals surface area contributed by atoms with Crippen molar-refractivity contribution in [1.29, 1.82) is 0 Å². The van der Waals surface area contributed by atoms with Crippen LogP contribution in [-0.2, 0) is 11.3 Å². The zero-order chi connectivity index (χ0) is 13.8. The Morgan fingerprint density at radius 1 is 1.40 bits per heavy atom. The molecule has 106 valence electrons. The van der Waals surface area contributed by atoms with Crippen LogP contribution >= 0.6 is 0 Å². The molecule has 4 nitrogen and oxygen atoms in total. The molecular weight excluding hydrogens is 259 g/mol. The highest BCUT2D eigenvalue weighted by Crippen LogP contribution is 2.19. The Bertz CT molecular complexity index is 565. The summed E-state index contributed by atoms with van der Waals surface area (Å²) in [5, 5.41) is 3.30. The van der Waals surface area contributed by atoms with Gasteiger partial charge in [-0.25, -0.2) is 9.37 Å². The van der Waals surface area contributed by atoms with E-state index in [4.69, 9.17) is 9.15 Å². The molecule has 1 aliphatic rings. The Balaban J connectivity index is 1.56. The number of hydrogen-bond acceptors (Lipinski definition) is 4. The monoisotopic (exact) mass is 276 g/mol. The van der Waals surface area contributed by atoms with E-state index in [2.05, 4.69) is 10.3 Å². The molecule has 0 saturated carbocycles. The highest BCUT2D eigenvalue weighted by atomic mass is 19.1. The summed E-state index contributed by atoms with van der Waals surface area (Å²) in [7, 11) is 0. The summed E-state index contributed by atoms with van der Waals surface area (Å²) in [5.74, 6) is 0.150. The van der Waals surface area contributed by atoms with Crippen molar-refractivity contribution in [1.82, 2.24) is 10.3 Å². The Morgan fingerprint density at radius 3 is 3.15 bits per heavy atom. The van der Waals surface area contributed by atoms with Gasteiger partial charge in [0.1, 0.15) is 12.1 Å². The first-order valence-electron chi connectivity index (χ1n) is 6.84. The molecule has 1 unspecified atom stereocenters. The van der Waals surface area contributed by atoms with Gasteiger partial charge in [0.05, 0.1) is 11.8 Å². The number of ether oxygens (including phenoxy) is 1. The maximum Gasteiger partial charge on any atom is 0.226 e. The lowest BCUT2D eigenvalue weighted by atomic mass is 10.2. The smallest absolute Gasteiger partial charge is 0.226 e. The summed E-state index contributed by atoms with van der Waals surface area (Å²) in [4.78, 5) is 4.35. The molecule has 1 fully saturated rings. The Hall–Kier alpha value is -1.72. The third kappa shape index (κ3) is 3.23. The molecule has 1 aliphatic heterocycles. The first kappa shape index (κ1) is 13.3. The van der Waals surface area contributed by atoms with Crippen molar-refractivity contribution >= 4 is 0 Å². The fraction of sp³-hybridized carbons (Fsp3) is 0.400. The minimum absolute atomic E-state index is 0.293. The van der Waals surface area contributed by atoms with E-state index in [-0.39, 0.29) is 5.82 Å². The van der Waals surface area contributed by atoms with Crippen LogP contribution in [0.3, 0.4) is 0 Å². The minimum atomic E-state index is -0.293. The van der Waals surface area contributed by atoms with Crippen LogP contribution in [0.25, 0.3) is 11.5 Å². The molecule has 1 saturated heterocycles. The number of nitrogens with zero attached hydrogens (tertiary/aromatic N) is 1. The van der Waals surface area contributed by atoms with Crippen LogP contribution in [-0.4, -0.2) is 24.2 Å². The van der Waals surface area contributed by atoms with Gasteiger partial charge in [-0.05, 0) is 31.0 Å². The number of aromatic nitrogens is 1. The lowest BCUT2D eigenvalue weighted by Crippen LogP contribution is -2.25. The topological polar surface area (TPSA) is 47.3 Å². The van der Waals surface area contributed by atoms with E-state index >= 15 is 0 Å². The van der Waals surface area contributed by atoms with E-state index < -0.39 is 0 Å². The number of benzene rings is 1. The number of halogens is 1. The SMILES string of the molecule is Fc1cccc(-c2nc(CNCC3CCCO3)co2)c1. The summed E-state index contributed by atoms with van der Waals surface area (Å²) >= 11 is 0. The Labute approximate surface area is 117 Å². The molecule has 20 heavy (non-hydrogen) atoms. The third-order valence-corrected chi connectivity index (χ3v) is 3.33. The van der Waals surface area contributed by atoms with E-state index in [9.17, 15) is 4.39 Å². The molecule has 5 heteroatoms. The third-order valence-electron chi connectivity index (χ3n) is 3.33. The average molecular weight is 276 g/mol. The summed E-state index contributed by atoms with van der Waals surface area (Å²) in [5.41, 5.74) is 1.46. The van der Waals surface area contributed by atoms with Crippen molar-refractivity contribution in [2.75, 3.05) is 13.2 Å². The van der Waals surface area contributed by atoms with Crippen molar-refractivity contribution in [3.8, 4) is 11.5 Å². The predicted octanol–water partition coefficient (Wildman–Crippen LogP) is 2.75. The number of hydrogen-bond donors (Lipinski definition) is 1. The summed E-state index contributed by atoms with van der Waals surface area (Å²) in [6.45, 7) is 2.31. The molecule has 1 aromatic heterocycles. The van der Waals surface area contributed by atoms with Gasteiger partial charge in [-0.3, -0.25) is 0 Å². The predicted molar refractivity (Wildman–Crippen MR) is 72.6 cm³/mol. The maximum atomic E-state index is 13.1. The van der Waals surface area contributed by atoms with Crippen molar-refractivity contribution in [3.05, 3.63) is 42.0 Å². The van der Waals surface area contributed by atoms with Crippen LogP contribution in [0.1, 0.15) is 18.5 Å². The van der Waals surface area contributed by atoms with Crippen LogP contribution in [0.4, 0.5) is 4.39 Å². The van der Waals surface area contributed by atoms with Gasteiger partial charge in [0.2, 0.25) is 5.89 Å². The normalized spacial score (nSPS) is 18.6. The van der Waals surface area contributed by atoms with E-state index in [0.29, 0.717) is 24.1 Å². The summed E-state index contributed by atoms with van der Waals surface area (Å²) in [6, 6.07) is 6.23. The van der Waals surface area contributed by atoms with Crippen LogP contribution < -0.4 is 5.32 Å². The molecular formula is C15H17FN2O2. The molecule has 3 rings (SSSR count). The second kappa shape index (κ2) is 6.15. The second-order valence-corrected chi connectivity index (χ2v) is 4.92. The minimum Gasteiger partial charge on any atom is -0.444 e. The Kier molecular flexibility index (Phi) is 4.08. The fourth-order valence-corrected chi connectivity index (χ4v) is 2.31. The van der Waals surface area contributed by atoms with Crippen molar-refractivity contribution in [2.24, 2.45) is 0 Å². The Morgan fingerprint density at radius 2 is 2.35 bits per heavy atom.